The zero-order chi connectivity index (χ0) is 20.1. The van der Waals surface area contributed by atoms with Gasteiger partial charge in [0.05, 0.1) is 16.1 Å². The first kappa shape index (κ1) is 19.0. The summed E-state index contributed by atoms with van der Waals surface area (Å²) in [5.41, 5.74) is 3.04. The Kier molecular flexibility index (Phi) is 4.70. The second kappa shape index (κ2) is 6.92. The van der Waals surface area contributed by atoms with E-state index in [0.29, 0.717) is 5.92 Å². The minimum Gasteiger partial charge on any atom is -0.507 e. The summed E-state index contributed by atoms with van der Waals surface area (Å²) < 4.78 is 28.9. The molecule has 0 aromatic heterocycles. The van der Waals surface area contributed by atoms with E-state index >= 15 is 0 Å². The molecule has 0 amide bonds. The van der Waals surface area contributed by atoms with Crippen LogP contribution in [-0.2, 0) is 22.9 Å². The Bertz CT molecular complexity index is 1040. The summed E-state index contributed by atoms with van der Waals surface area (Å²) in [5.74, 6) is -0.171. The molecule has 2 aromatic carbocycles. The Morgan fingerprint density at radius 1 is 1.14 bits per heavy atom. The number of sulfonamides is 1. The molecule has 6 heteroatoms. The van der Waals surface area contributed by atoms with Crippen molar-refractivity contribution in [1.82, 2.24) is 0 Å². The molecular formula is C22H25NO4S. The van der Waals surface area contributed by atoms with Gasteiger partial charge in [0.2, 0.25) is 0 Å². The van der Waals surface area contributed by atoms with E-state index in [2.05, 4.69) is 13.0 Å². The fourth-order valence-electron chi connectivity index (χ4n) is 4.16. The van der Waals surface area contributed by atoms with Crippen molar-refractivity contribution in [3.05, 3.63) is 53.1 Å². The predicted molar refractivity (Wildman–Crippen MR) is 108 cm³/mol. The number of carbonyl (C=O) groups is 1. The Morgan fingerprint density at radius 2 is 1.89 bits per heavy atom. The molecule has 4 rings (SSSR count). The number of benzene rings is 2. The van der Waals surface area contributed by atoms with Crippen LogP contribution in [-0.4, -0.2) is 25.3 Å². The van der Waals surface area contributed by atoms with E-state index in [1.165, 1.54) is 30.7 Å². The number of ketones is 1. The Hall–Kier alpha value is -2.34. The van der Waals surface area contributed by atoms with Gasteiger partial charge < -0.3 is 5.11 Å². The minimum atomic E-state index is -3.85. The molecule has 0 unspecified atom stereocenters. The van der Waals surface area contributed by atoms with Crippen LogP contribution in [0, 0.1) is 5.92 Å². The summed E-state index contributed by atoms with van der Waals surface area (Å²) in [6.45, 7) is 3.41. The maximum atomic E-state index is 13.7. The highest BCUT2D eigenvalue weighted by Gasteiger charge is 2.43. The first-order valence-electron chi connectivity index (χ1n) is 9.83. The van der Waals surface area contributed by atoms with Crippen LogP contribution >= 0.6 is 0 Å². The number of carbonyl (C=O) groups excluding carboxylic acids is 1. The Balaban J connectivity index is 1.85. The van der Waals surface area contributed by atoms with Crippen molar-refractivity contribution in [2.75, 3.05) is 4.31 Å². The van der Waals surface area contributed by atoms with Crippen molar-refractivity contribution in [2.45, 2.75) is 56.9 Å². The number of rotatable bonds is 5. The lowest BCUT2D eigenvalue weighted by atomic mass is 9.93. The summed E-state index contributed by atoms with van der Waals surface area (Å²) in [6.07, 6.45) is 4.69. The van der Waals surface area contributed by atoms with Crippen molar-refractivity contribution in [3.8, 4) is 5.75 Å². The normalized spacial score (nSPS) is 19.4. The standard InChI is InChI=1S/C22H25NO4S/c1-3-15-4-9-21-17(12-15)7-10-20(16-5-6-16)23(21)28(26,27)18-8-11-22(25)19(13-18)14(2)24/h4,8-9,11-13,16,20,25H,3,5-7,10H2,1-2H3/t20-/m0/s1. The van der Waals surface area contributed by atoms with Crippen molar-refractivity contribution < 1.29 is 18.3 Å². The van der Waals surface area contributed by atoms with E-state index in [1.54, 1.807) is 4.31 Å². The zero-order valence-corrected chi connectivity index (χ0v) is 17.0. The van der Waals surface area contributed by atoms with Gasteiger partial charge in [-0.05, 0) is 80.3 Å². The van der Waals surface area contributed by atoms with Crippen LogP contribution in [0.1, 0.15) is 54.6 Å². The maximum Gasteiger partial charge on any atom is 0.264 e. The topological polar surface area (TPSA) is 74.7 Å². The third kappa shape index (κ3) is 3.20. The van der Waals surface area contributed by atoms with Gasteiger partial charge in [0, 0.05) is 6.04 Å². The number of fused-ring (bicyclic) bond motifs is 1. The second-order valence-electron chi connectivity index (χ2n) is 7.80. The van der Waals surface area contributed by atoms with E-state index in [4.69, 9.17) is 0 Å². The van der Waals surface area contributed by atoms with Crippen molar-refractivity contribution >= 4 is 21.5 Å². The molecule has 0 radical (unpaired) electrons. The number of hydrogen-bond acceptors (Lipinski definition) is 4. The van der Waals surface area contributed by atoms with Crippen LogP contribution in [0.4, 0.5) is 5.69 Å². The number of nitrogens with zero attached hydrogens (tertiary/aromatic N) is 1. The van der Waals surface area contributed by atoms with Gasteiger partial charge in [-0.3, -0.25) is 9.10 Å². The predicted octanol–water partition coefficient (Wildman–Crippen LogP) is 4.08. The molecule has 2 aliphatic rings. The summed E-state index contributed by atoms with van der Waals surface area (Å²) in [6, 6.07) is 9.95. The molecule has 2 aromatic rings. The average molecular weight is 400 g/mol. The first-order chi connectivity index (χ1) is 13.3. The highest BCUT2D eigenvalue weighted by Crippen LogP contribution is 2.45. The van der Waals surface area contributed by atoms with Gasteiger partial charge in [-0.25, -0.2) is 8.42 Å². The van der Waals surface area contributed by atoms with E-state index in [9.17, 15) is 18.3 Å². The molecule has 0 saturated heterocycles. The van der Waals surface area contributed by atoms with E-state index < -0.39 is 10.0 Å². The van der Waals surface area contributed by atoms with Crippen LogP contribution in [0.2, 0.25) is 0 Å². The van der Waals surface area contributed by atoms with E-state index in [1.807, 2.05) is 12.1 Å². The van der Waals surface area contributed by atoms with Crippen LogP contribution in [0.25, 0.3) is 0 Å². The van der Waals surface area contributed by atoms with E-state index in [-0.39, 0.29) is 28.0 Å². The monoisotopic (exact) mass is 399 g/mol. The fraction of sp³-hybridized carbons (Fsp3) is 0.409. The molecule has 1 fully saturated rings. The SMILES string of the molecule is CCc1ccc2c(c1)CC[C@@H](C1CC1)N2S(=O)(=O)c1ccc(O)c(C(C)=O)c1. The molecule has 28 heavy (non-hydrogen) atoms. The van der Waals surface area contributed by atoms with E-state index in [0.717, 1.165) is 43.4 Å². The second-order valence-corrected chi connectivity index (χ2v) is 9.61. The molecule has 1 N–H and O–H groups in total. The summed E-state index contributed by atoms with van der Waals surface area (Å²) in [7, 11) is -3.85. The van der Waals surface area contributed by atoms with Crippen LogP contribution in [0.15, 0.2) is 41.3 Å². The lowest BCUT2D eigenvalue weighted by molar-refractivity contribution is 0.101. The molecule has 148 valence electrons. The highest BCUT2D eigenvalue weighted by molar-refractivity contribution is 7.92. The zero-order valence-electron chi connectivity index (χ0n) is 16.2. The van der Waals surface area contributed by atoms with Gasteiger partial charge in [-0.2, -0.15) is 0 Å². The quantitative estimate of drug-likeness (QED) is 0.769. The van der Waals surface area contributed by atoms with Crippen LogP contribution in [0.5, 0.6) is 5.75 Å². The van der Waals surface area contributed by atoms with Crippen LogP contribution in [0.3, 0.4) is 0 Å². The fourth-order valence-corrected chi connectivity index (χ4v) is 5.97. The lowest BCUT2D eigenvalue weighted by Gasteiger charge is -2.38. The molecule has 0 spiro atoms. The van der Waals surface area contributed by atoms with Crippen molar-refractivity contribution in [3.63, 3.8) is 0 Å². The van der Waals surface area contributed by atoms with Gasteiger partial charge in [-0.1, -0.05) is 19.1 Å². The molecule has 1 aliphatic carbocycles. The largest absolute Gasteiger partial charge is 0.507 e. The van der Waals surface area contributed by atoms with Gasteiger partial charge in [0.25, 0.3) is 10.0 Å². The maximum absolute atomic E-state index is 13.7. The van der Waals surface area contributed by atoms with Crippen molar-refractivity contribution in [2.24, 2.45) is 5.92 Å². The summed E-state index contributed by atoms with van der Waals surface area (Å²) in [5, 5.41) is 9.92. The number of phenolic OH excluding ortho intramolecular Hbond substituents is 1. The smallest absolute Gasteiger partial charge is 0.264 e. The molecule has 1 atom stereocenters. The molecule has 1 saturated carbocycles. The number of phenols is 1. The molecule has 0 bridgehead atoms. The van der Waals surface area contributed by atoms with Gasteiger partial charge in [0.1, 0.15) is 5.75 Å². The Morgan fingerprint density at radius 3 is 2.54 bits per heavy atom. The average Bonchev–Trinajstić information content (AvgIpc) is 3.51. The highest BCUT2D eigenvalue weighted by atomic mass is 32.2. The lowest BCUT2D eigenvalue weighted by Crippen LogP contribution is -2.45. The van der Waals surface area contributed by atoms with Crippen molar-refractivity contribution in [1.29, 1.82) is 0 Å². The Labute approximate surface area is 166 Å². The number of aryl methyl sites for hydroxylation is 2. The number of Topliss-reactive ketones (excluding diaryl/α,β-unsaturated/α-hetero) is 1. The van der Waals surface area contributed by atoms with Gasteiger partial charge in [0.15, 0.2) is 5.78 Å². The minimum absolute atomic E-state index is 0.0302. The van der Waals surface area contributed by atoms with Gasteiger partial charge >= 0.3 is 0 Å². The number of hydrogen-bond donors (Lipinski definition) is 1. The summed E-state index contributed by atoms with van der Waals surface area (Å²) >= 11 is 0. The summed E-state index contributed by atoms with van der Waals surface area (Å²) in [4.78, 5) is 11.9. The number of aromatic hydroxyl groups is 1. The molecule has 5 nitrogen and oxygen atoms in total. The first-order valence-corrected chi connectivity index (χ1v) is 11.3. The molecule has 1 aliphatic heterocycles. The third-order valence-corrected chi connectivity index (χ3v) is 7.71. The third-order valence-electron chi connectivity index (χ3n) is 5.87. The van der Waals surface area contributed by atoms with Crippen LogP contribution < -0.4 is 4.31 Å². The molecular weight excluding hydrogens is 374 g/mol. The molecule has 1 heterocycles. The van der Waals surface area contributed by atoms with Gasteiger partial charge in [-0.15, -0.1) is 0 Å². The number of anilines is 1.